The topological polar surface area (TPSA) is 46.3 Å². The van der Waals surface area contributed by atoms with Crippen LogP contribution in [0.25, 0.3) is 0 Å². The number of hydrogen-bond acceptors (Lipinski definition) is 2. The molecule has 19 heavy (non-hydrogen) atoms. The second kappa shape index (κ2) is 6.74. The van der Waals surface area contributed by atoms with Gasteiger partial charge in [-0.1, -0.05) is 27.7 Å². The van der Waals surface area contributed by atoms with E-state index in [4.69, 9.17) is 5.73 Å². The molecule has 0 aromatic rings. The highest BCUT2D eigenvalue weighted by Crippen LogP contribution is 2.38. The third-order valence-electron chi connectivity index (χ3n) is 4.66. The van der Waals surface area contributed by atoms with E-state index >= 15 is 0 Å². The second-order valence-electron chi connectivity index (χ2n) is 7.43. The molecule has 3 unspecified atom stereocenters. The van der Waals surface area contributed by atoms with E-state index in [9.17, 15) is 4.79 Å². The monoisotopic (exact) mass is 268 g/mol. The molecule has 3 nitrogen and oxygen atoms in total. The van der Waals surface area contributed by atoms with Crippen LogP contribution in [0.5, 0.6) is 0 Å². The lowest BCUT2D eigenvalue weighted by Crippen LogP contribution is -2.31. The lowest BCUT2D eigenvalue weighted by atomic mass is 9.76. The molecular weight excluding hydrogens is 236 g/mol. The average Bonchev–Trinajstić information content (AvgIpc) is 2.98. The zero-order valence-electron chi connectivity index (χ0n) is 13.4. The minimum Gasteiger partial charge on any atom is -0.345 e. The van der Waals surface area contributed by atoms with Crippen molar-refractivity contribution in [3.05, 3.63) is 0 Å². The molecule has 2 N–H and O–H groups in total. The van der Waals surface area contributed by atoms with Gasteiger partial charge in [0.15, 0.2) is 0 Å². The van der Waals surface area contributed by atoms with E-state index < -0.39 is 0 Å². The average molecular weight is 268 g/mol. The molecule has 1 rings (SSSR count). The van der Waals surface area contributed by atoms with Crippen LogP contribution in [-0.4, -0.2) is 30.9 Å². The SMILES string of the molecule is CC1CC1CN(C)C(=O)CCC(CCN)C(C)(C)C. The first-order valence-electron chi connectivity index (χ1n) is 7.69. The molecular formula is C16H32N2O. The summed E-state index contributed by atoms with van der Waals surface area (Å²) in [5, 5.41) is 0. The molecule has 0 radical (unpaired) electrons. The van der Waals surface area contributed by atoms with E-state index in [2.05, 4.69) is 27.7 Å². The Morgan fingerprint density at radius 2 is 1.95 bits per heavy atom. The third kappa shape index (κ3) is 5.52. The summed E-state index contributed by atoms with van der Waals surface area (Å²) in [6.45, 7) is 10.6. The summed E-state index contributed by atoms with van der Waals surface area (Å²) >= 11 is 0. The summed E-state index contributed by atoms with van der Waals surface area (Å²) in [5.74, 6) is 2.39. The molecule has 3 heteroatoms. The van der Waals surface area contributed by atoms with Crippen molar-refractivity contribution in [3.63, 3.8) is 0 Å². The maximum atomic E-state index is 12.1. The Balaban J connectivity index is 2.34. The number of amides is 1. The number of nitrogens with zero attached hydrogens (tertiary/aromatic N) is 1. The molecule has 112 valence electrons. The van der Waals surface area contributed by atoms with Crippen molar-refractivity contribution in [1.29, 1.82) is 0 Å². The van der Waals surface area contributed by atoms with Gasteiger partial charge in [-0.3, -0.25) is 4.79 Å². The van der Waals surface area contributed by atoms with Gasteiger partial charge in [-0.05, 0) is 49.0 Å². The number of nitrogens with two attached hydrogens (primary N) is 1. The standard InChI is InChI=1S/C16H32N2O/c1-12-10-13(12)11-18(5)15(19)7-6-14(8-9-17)16(2,3)4/h12-14H,6-11,17H2,1-5H3. The third-order valence-corrected chi connectivity index (χ3v) is 4.66. The molecule has 0 aromatic heterocycles. The summed E-state index contributed by atoms with van der Waals surface area (Å²) < 4.78 is 0. The van der Waals surface area contributed by atoms with Crippen LogP contribution >= 0.6 is 0 Å². The van der Waals surface area contributed by atoms with Gasteiger partial charge in [0.05, 0.1) is 0 Å². The normalized spacial score (nSPS) is 24.1. The number of carbonyl (C=O) groups is 1. The van der Waals surface area contributed by atoms with Gasteiger partial charge in [0.1, 0.15) is 0 Å². The summed E-state index contributed by atoms with van der Waals surface area (Å²) in [6, 6.07) is 0. The van der Waals surface area contributed by atoms with Crippen LogP contribution in [0.3, 0.4) is 0 Å². The summed E-state index contributed by atoms with van der Waals surface area (Å²) in [6.07, 6.45) is 3.93. The molecule has 1 amide bonds. The predicted molar refractivity (Wildman–Crippen MR) is 80.8 cm³/mol. The molecule has 0 saturated heterocycles. The maximum absolute atomic E-state index is 12.1. The molecule has 1 aliphatic carbocycles. The molecule has 0 aliphatic heterocycles. The minimum atomic E-state index is 0.239. The van der Waals surface area contributed by atoms with Crippen molar-refractivity contribution in [2.45, 2.75) is 53.4 Å². The molecule has 1 saturated carbocycles. The minimum absolute atomic E-state index is 0.239. The molecule has 1 fully saturated rings. The Labute approximate surface area is 118 Å². The van der Waals surface area contributed by atoms with Gasteiger partial charge in [0, 0.05) is 20.0 Å². The van der Waals surface area contributed by atoms with Crippen molar-refractivity contribution in [1.82, 2.24) is 4.90 Å². The van der Waals surface area contributed by atoms with Crippen LogP contribution in [-0.2, 0) is 4.79 Å². The highest BCUT2D eigenvalue weighted by molar-refractivity contribution is 5.75. The van der Waals surface area contributed by atoms with Gasteiger partial charge in [-0.2, -0.15) is 0 Å². The first kappa shape index (κ1) is 16.5. The summed E-state index contributed by atoms with van der Waals surface area (Å²) in [4.78, 5) is 14.1. The Bertz CT molecular complexity index is 296. The van der Waals surface area contributed by atoms with E-state index in [1.807, 2.05) is 11.9 Å². The lowest BCUT2D eigenvalue weighted by Gasteiger charge is -2.31. The van der Waals surface area contributed by atoms with Gasteiger partial charge in [-0.15, -0.1) is 0 Å². The van der Waals surface area contributed by atoms with E-state index in [0.717, 1.165) is 31.2 Å². The fourth-order valence-electron chi connectivity index (χ4n) is 2.81. The molecule has 0 spiro atoms. The largest absolute Gasteiger partial charge is 0.345 e. The molecule has 0 aromatic carbocycles. The van der Waals surface area contributed by atoms with Crippen LogP contribution in [0.4, 0.5) is 0 Å². The number of rotatable bonds is 7. The van der Waals surface area contributed by atoms with Gasteiger partial charge in [0.25, 0.3) is 0 Å². The highest BCUT2D eigenvalue weighted by Gasteiger charge is 2.34. The quantitative estimate of drug-likeness (QED) is 0.771. The highest BCUT2D eigenvalue weighted by atomic mass is 16.2. The molecule has 1 aliphatic rings. The van der Waals surface area contributed by atoms with E-state index in [0.29, 0.717) is 24.8 Å². The van der Waals surface area contributed by atoms with Crippen molar-refractivity contribution >= 4 is 5.91 Å². The van der Waals surface area contributed by atoms with Gasteiger partial charge in [-0.25, -0.2) is 0 Å². The van der Waals surface area contributed by atoms with Gasteiger partial charge < -0.3 is 10.6 Å². The maximum Gasteiger partial charge on any atom is 0.222 e. The van der Waals surface area contributed by atoms with Crippen molar-refractivity contribution in [2.24, 2.45) is 28.9 Å². The first-order valence-corrected chi connectivity index (χ1v) is 7.69. The lowest BCUT2D eigenvalue weighted by molar-refractivity contribution is -0.130. The predicted octanol–water partition coefficient (Wildman–Crippen LogP) is 2.89. The van der Waals surface area contributed by atoms with Crippen molar-refractivity contribution in [2.75, 3.05) is 20.1 Å². The number of hydrogen-bond donors (Lipinski definition) is 1. The fourth-order valence-corrected chi connectivity index (χ4v) is 2.81. The fraction of sp³-hybridized carbons (Fsp3) is 0.938. The molecule has 0 bridgehead atoms. The van der Waals surface area contributed by atoms with Gasteiger partial charge in [0.2, 0.25) is 5.91 Å². The van der Waals surface area contributed by atoms with E-state index in [-0.39, 0.29) is 5.41 Å². The Hall–Kier alpha value is -0.570. The van der Waals surface area contributed by atoms with E-state index in [1.54, 1.807) is 0 Å². The second-order valence-corrected chi connectivity index (χ2v) is 7.43. The summed E-state index contributed by atoms with van der Waals surface area (Å²) in [7, 11) is 1.95. The Morgan fingerprint density at radius 1 is 1.37 bits per heavy atom. The Morgan fingerprint density at radius 3 is 2.37 bits per heavy atom. The van der Waals surface area contributed by atoms with Crippen LogP contribution in [0.15, 0.2) is 0 Å². The van der Waals surface area contributed by atoms with Crippen molar-refractivity contribution < 1.29 is 4.79 Å². The first-order chi connectivity index (χ1) is 8.75. The van der Waals surface area contributed by atoms with Crippen molar-refractivity contribution in [3.8, 4) is 0 Å². The van der Waals surface area contributed by atoms with Crippen LogP contribution in [0, 0.1) is 23.2 Å². The smallest absolute Gasteiger partial charge is 0.222 e. The number of carbonyl (C=O) groups excluding carboxylic acids is 1. The van der Waals surface area contributed by atoms with Crippen LogP contribution in [0.1, 0.15) is 53.4 Å². The van der Waals surface area contributed by atoms with Crippen LogP contribution in [0.2, 0.25) is 0 Å². The summed E-state index contributed by atoms with van der Waals surface area (Å²) in [5.41, 5.74) is 5.93. The molecule has 0 heterocycles. The van der Waals surface area contributed by atoms with Gasteiger partial charge >= 0.3 is 0 Å². The zero-order valence-corrected chi connectivity index (χ0v) is 13.4. The zero-order chi connectivity index (χ0) is 14.6. The van der Waals surface area contributed by atoms with E-state index in [1.165, 1.54) is 6.42 Å². The van der Waals surface area contributed by atoms with Crippen LogP contribution < -0.4 is 5.73 Å². The molecule has 3 atom stereocenters. The Kier molecular flexibility index (Phi) is 5.84.